The van der Waals surface area contributed by atoms with E-state index in [2.05, 4.69) is 36.1 Å². The molecule has 0 aromatic heterocycles. The summed E-state index contributed by atoms with van der Waals surface area (Å²) in [5.74, 6) is 0. The van der Waals surface area contributed by atoms with Crippen molar-refractivity contribution in [2.24, 2.45) is 5.73 Å². The molecule has 1 unspecified atom stereocenters. The van der Waals surface area contributed by atoms with Crippen molar-refractivity contribution < 1.29 is 0 Å². The van der Waals surface area contributed by atoms with Gasteiger partial charge in [-0.1, -0.05) is 44.7 Å². The third-order valence-electron chi connectivity index (χ3n) is 4.10. The topological polar surface area (TPSA) is 29.3 Å². The lowest BCUT2D eigenvalue weighted by atomic mass is 10.1. The number of nitrogens with two attached hydrogens (primary N) is 1. The van der Waals surface area contributed by atoms with Crippen LogP contribution in [0.15, 0.2) is 24.3 Å². The van der Waals surface area contributed by atoms with Crippen LogP contribution in [0.5, 0.6) is 0 Å². The molecule has 2 rings (SSSR count). The number of hydrogen-bond donors (Lipinski definition) is 1. The summed E-state index contributed by atoms with van der Waals surface area (Å²) >= 11 is 0. The Kier molecular flexibility index (Phi) is 5.71. The molecule has 0 radical (unpaired) electrons. The molecule has 1 fully saturated rings. The first kappa shape index (κ1) is 14.4. The molecule has 1 saturated heterocycles. The fourth-order valence-corrected chi connectivity index (χ4v) is 2.83. The van der Waals surface area contributed by atoms with E-state index in [0.717, 1.165) is 19.5 Å². The molecular weight excluding hydrogens is 232 g/mol. The monoisotopic (exact) mass is 260 g/mol. The molecule has 106 valence electrons. The van der Waals surface area contributed by atoms with E-state index in [1.54, 1.807) is 0 Å². The molecule has 0 amide bonds. The van der Waals surface area contributed by atoms with Crippen LogP contribution in [0.4, 0.5) is 5.69 Å². The van der Waals surface area contributed by atoms with Gasteiger partial charge in [0.15, 0.2) is 0 Å². The van der Waals surface area contributed by atoms with Crippen LogP contribution in [0, 0.1) is 0 Å². The maximum absolute atomic E-state index is 5.96. The first-order valence-corrected chi connectivity index (χ1v) is 7.89. The van der Waals surface area contributed by atoms with Crippen LogP contribution in [-0.4, -0.2) is 19.1 Å². The normalized spacial score (nSPS) is 19.1. The third-order valence-corrected chi connectivity index (χ3v) is 4.10. The van der Waals surface area contributed by atoms with E-state index in [4.69, 9.17) is 5.73 Å². The number of rotatable bonds is 7. The summed E-state index contributed by atoms with van der Waals surface area (Å²) in [6.45, 7) is 4.39. The van der Waals surface area contributed by atoms with Gasteiger partial charge in [-0.05, 0) is 37.0 Å². The van der Waals surface area contributed by atoms with Crippen LogP contribution < -0.4 is 10.6 Å². The third kappa shape index (κ3) is 4.54. The minimum Gasteiger partial charge on any atom is -0.370 e. The molecule has 19 heavy (non-hydrogen) atoms. The molecule has 1 aliphatic heterocycles. The Morgan fingerprint density at radius 2 is 1.84 bits per heavy atom. The zero-order chi connectivity index (χ0) is 13.5. The fourth-order valence-electron chi connectivity index (χ4n) is 2.83. The SMILES string of the molecule is CCCCCCCc1ccc(N2CCC(N)C2)cc1. The maximum Gasteiger partial charge on any atom is 0.0366 e. The summed E-state index contributed by atoms with van der Waals surface area (Å²) < 4.78 is 0. The Balaban J connectivity index is 1.75. The molecule has 0 spiro atoms. The molecule has 1 aliphatic rings. The lowest BCUT2D eigenvalue weighted by Crippen LogP contribution is -2.26. The van der Waals surface area contributed by atoms with Gasteiger partial charge >= 0.3 is 0 Å². The largest absolute Gasteiger partial charge is 0.370 e. The fraction of sp³-hybridized carbons (Fsp3) is 0.647. The van der Waals surface area contributed by atoms with E-state index in [9.17, 15) is 0 Å². The van der Waals surface area contributed by atoms with Crippen molar-refractivity contribution in [2.75, 3.05) is 18.0 Å². The minimum absolute atomic E-state index is 0.359. The zero-order valence-corrected chi connectivity index (χ0v) is 12.3. The van der Waals surface area contributed by atoms with E-state index in [1.165, 1.54) is 49.8 Å². The van der Waals surface area contributed by atoms with Gasteiger partial charge < -0.3 is 10.6 Å². The number of benzene rings is 1. The van der Waals surface area contributed by atoms with Crippen molar-refractivity contribution in [1.29, 1.82) is 0 Å². The summed E-state index contributed by atoms with van der Waals surface area (Å²) in [7, 11) is 0. The predicted molar refractivity (Wildman–Crippen MR) is 83.7 cm³/mol. The molecule has 0 aliphatic carbocycles. The second-order valence-corrected chi connectivity index (χ2v) is 5.83. The van der Waals surface area contributed by atoms with Crippen LogP contribution >= 0.6 is 0 Å². The lowest BCUT2D eigenvalue weighted by molar-refractivity contribution is 0.632. The predicted octanol–water partition coefficient (Wildman–Crippen LogP) is 3.74. The molecule has 2 N–H and O–H groups in total. The molecule has 1 aromatic rings. The van der Waals surface area contributed by atoms with Crippen molar-refractivity contribution in [2.45, 2.75) is 57.9 Å². The maximum atomic E-state index is 5.96. The van der Waals surface area contributed by atoms with Crippen molar-refractivity contribution in [3.05, 3.63) is 29.8 Å². The smallest absolute Gasteiger partial charge is 0.0366 e. The Hall–Kier alpha value is -1.02. The average Bonchev–Trinajstić information content (AvgIpc) is 2.86. The van der Waals surface area contributed by atoms with Crippen molar-refractivity contribution >= 4 is 5.69 Å². The minimum atomic E-state index is 0.359. The molecule has 0 saturated carbocycles. The lowest BCUT2D eigenvalue weighted by Gasteiger charge is -2.18. The Labute approximate surface area is 118 Å². The van der Waals surface area contributed by atoms with Gasteiger partial charge in [-0.2, -0.15) is 0 Å². The van der Waals surface area contributed by atoms with Gasteiger partial charge in [-0.25, -0.2) is 0 Å². The Morgan fingerprint density at radius 1 is 1.11 bits per heavy atom. The van der Waals surface area contributed by atoms with E-state index in [0.29, 0.717) is 6.04 Å². The van der Waals surface area contributed by atoms with E-state index < -0.39 is 0 Å². The molecule has 2 heteroatoms. The van der Waals surface area contributed by atoms with Gasteiger partial charge in [0.05, 0.1) is 0 Å². The summed E-state index contributed by atoms with van der Waals surface area (Å²) in [6.07, 6.45) is 9.15. The number of hydrogen-bond acceptors (Lipinski definition) is 2. The quantitative estimate of drug-likeness (QED) is 0.757. The van der Waals surface area contributed by atoms with Crippen LogP contribution in [0.2, 0.25) is 0 Å². The highest BCUT2D eigenvalue weighted by Crippen LogP contribution is 2.20. The highest BCUT2D eigenvalue weighted by atomic mass is 15.2. The number of anilines is 1. The Morgan fingerprint density at radius 3 is 2.47 bits per heavy atom. The molecule has 0 bridgehead atoms. The first-order chi connectivity index (χ1) is 9.29. The Bertz CT molecular complexity index is 358. The number of nitrogens with zero attached hydrogens (tertiary/aromatic N) is 1. The van der Waals surface area contributed by atoms with Gasteiger partial charge in [0.2, 0.25) is 0 Å². The van der Waals surface area contributed by atoms with Crippen molar-refractivity contribution in [3.8, 4) is 0 Å². The van der Waals surface area contributed by atoms with E-state index in [-0.39, 0.29) is 0 Å². The number of aryl methyl sites for hydroxylation is 1. The van der Waals surface area contributed by atoms with E-state index in [1.807, 2.05) is 0 Å². The molecule has 1 atom stereocenters. The highest BCUT2D eigenvalue weighted by molar-refractivity contribution is 5.48. The zero-order valence-electron chi connectivity index (χ0n) is 12.3. The van der Waals surface area contributed by atoms with Gasteiger partial charge in [-0.15, -0.1) is 0 Å². The van der Waals surface area contributed by atoms with E-state index >= 15 is 0 Å². The van der Waals surface area contributed by atoms with Crippen LogP contribution in [0.1, 0.15) is 51.0 Å². The molecule has 1 aromatic carbocycles. The summed E-state index contributed by atoms with van der Waals surface area (Å²) in [6, 6.07) is 9.47. The highest BCUT2D eigenvalue weighted by Gasteiger charge is 2.18. The second-order valence-electron chi connectivity index (χ2n) is 5.83. The summed E-state index contributed by atoms with van der Waals surface area (Å²) in [5.41, 5.74) is 8.77. The standard InChI is InChI=1S/C17H28N2/c1-2-3-4-5-6-7-15-8-10-17(11-9-15)19-13-12-16(18)14-19/h8-11,16H,2-7,12-14,18H2,1H3. The van der Waals surface area contributed by atoms with Crippen LogP contribution in [-0.2, 0) is 6.42 Å². The van der Waals surface area contributed by atoms with Crippen molar-refractivity contribution in [3.63, 3.8) is 0 Å². The van der Waals surface area contributed by atoms with Crippen molar-refractivity contribution in [1.82, 2.24) is 0 Å². The summed E-state index contributed by atoms with van der Waals surface area (Å²) in [5, 5.41) is 0. The van der Waals surface area contributed by atoms with Crippen LogP contribution in [0.3, 0.4) is 0 Å². The molecule has 2 nitrogen and oxygen atoms in total. The van der Waals surface area contributed by atoms with Gasteiger partial charge in [0.1, 0.15) is 0 Å². The second kappa shape index (κ2) is 7.54. The summed E-state index contributed by atoms with van der Waals surface area (Å²) in [4.78, 5) is 2.40. The first-order valence-electron chi connectivity index (χ1n) is 7.89. The van der Waals surface area contributed by atoms with Gasteiger partial charge in [0.25, 0.3) is 0 Å². The van der Waals surface area contributed by atoms with Crippen LogP contribution in [0.25, 0.3) is 0 Å². The average molecular weight is 260 g/mol. The van der Waals surface area contributed by atoms with Gasteiger partial charge in [0, 0.05) is 24.8 Å². The molecule has 1 heterocycles. The number of unbranched alkanes of at least 4 members (excludes halogenated alkanes) is 4. The van der Waals surface area contributed by atoms with Gasteiger partial charge in [-0.3, -0.25) is 0 Å². The molecular formula is C17H28N2.